The zero-order valence-corrected chi connectivity index (χ0v) is 27.6. The molecule has 2 bridgehead atoms. The zero-order chi connectivity index (χ0) is 33.7. The van der Waals surface area contributed by atoms with Gasteiger partial charge in [-0.3, -0.25) is 14.5 Å². The van der Waals surface area contributed by atoms with Crippen LogP contribution >= 0.6 is 0 Å². The number of aliphatic hydroxyl groups is 1. The molecule has 47 heavy (non-hydrogen) atoms. The third kappa shape index (κ3) is 7.23. The molecular formula is C36H46F3N3O5. The number of nitrogens with zero attached hydrogens (tertiary/aromatic N) is 2. The Morgan fingerprint density at radius 2 is 1.79 bits per heavy atom. The Balaban J connectivity index is 1.23. The first-order valence-electron chi connectivity index (χ1n) is 16.7. The monoisotopic (exact) mass is 657 g/mol. The molecule has 0 aromatic heterocycles. The summed E-state index contributed by atoms with van der Waals surface area (Å²) in [5.74, 6) is -2.65. The minimum absolute atomic E-state index is 0.00917. The van der Waals surface area contributed by atoms with Crippen molar-refractivity contribution in [2.75, 3.05) is 25.0 Å². The molecule has 1 saturated carbocycles. The van der Waals surface area contributed by atoms with Crippen molar-refractivity contribution in [2.24, 2.45) is 16.7 Å². The number of carbonyl (C=O) groups excluding carboxylic acids is 2. The van der Waals surface area contributed by atoms with Crippen LogP contribution in [0.4, 0.5) is 18.9 Å². The van der Waals surface area contributed by atoms with E-state index in [0.29, 0.717) is 28.6 Å². The number of hydrogen-bond acceptors (Lipinski definition) is 6. The molecule has 256 valence electrons. The van der Waals surface area contributed by atoms with Crippen molar-refractivity contribution in [3.8, 4) is 0 Å². The van der Waals surface area contributed by atoms with Crippen LogP contribution in [0.15, 0.2) is 48.5 Å². The second kappa shape index (κ2) is 12.8. The van der Waals surface area contributed by atoms with E-state index in [-0.39, 0.29) is 48.5 Å². The first-order chi connectivity index (χ1) is 22.1. The SMILES string of the molecule is CC1C(CN2CC3(C)CC2CC(C)(C)C3)OC(c2cccc(NC(=O)C3CCCN3C(=O)C(F)(F)F)c2)OC1c1ccc(CO)cc1. The van der Waals surface area contributed by atoms with Crippen LogP contribution in [0, 0.1) is 16.7 Å². The summed E-state index contributed by atoms with van der Waals surface area (Å²) in [5, 5.41) is 12.3. The first-order valence-corrected chi connectivity index (χ1v) is 16.7. The van der Waals surface area contributed by atoms with Crippen LogP contribution in [-0.2, 0) is 25.7 Å². The predicted octanol–water partition coefficient (Wildman–Crippen LogP) is 6.36. The van der Waals surface area contributed by atoms with Crippen molar-refractivity contribution in [3.63, 3.8) is 0 Å². The highest BCUT2D eigenvalue weighted by atomic mass is 19.4. The lowest BCUT2D eigenvalue weighted by Gasteiger charge is -2.43. The van der Waals surface area contributed by atoms with Crippen molar-refractivity contribution < 1.29 is 37.3 Å². The second-order valence-electron chi connectivity index (χ2n) is 15.2. The van der Waals surface area contributed by atoms with E-state index in [4.69, 9.17) is 9.47 Å². The fourth-order valence-corrected chi connectivity index (χ4v) is 8.78. The maximum Gasteiger partial charge on any atom is 0.471 e. The summed E-state index contributed by atoms with van der Waals surface area (Å²) in [7, 11) is 0. The number of aliphatic hydroxyl groups excluding tert-OH is 1. The molecule has 2 amide bonds. The number of rotatable bonds is 7. The van der Waals surface area contributed by atoms with Gasteiger partial charge in [-0.15, -0.1) is 0 Å². The number of benzene rings is 2. The lowest BCUT2D eigenvalue weighted by atomic mass is 9.65. The highest BCUT2D eigenvalue weighted by Gasteiger charge is 2.51. The third-order valence-corrected chi connectivity index (χ3v) is 10.5. The van der Waals surface area contributed by atoms with Crippen LogP contribution in [0.1, 0.15) is 88.9 Å². The zero-order valence-electron chi connectivity index (χ0n) is 27.6. The summed E-state index contributed by atoms with van der Waals surface area (Å²) in [6.45, 7) is 10.9. The number of hydrogen-bond donors (Lipinski definition) is 2. The molecule has 4 fully saturated rings. The summed E-state index contributed by atoms with van der Waals surface area (Å²) >= 11 is 0. The average molecular weight is 658 g/mol. The van der Waals surface area contributed by atoms with Crippen molar-refractivity contribution >= 4 is 17.5 Å². The normalized spacial score (nSPS) is 32.4. The standard InChI is InChI=1S/C36H46F3N3O5/c1-22-29(18-41-21-35(4)17-27(41)16-34(2,3)20-35)46-32(47-30(22)24-12-10-23(19-43)11-13-24)25-7-5-8-26(15-25)40-31(44)28-9-6-14-42(28)33(45)36(37,38)39/h5,7-8,10-13,15,22,27-30,32,43H,6,9,14,16-21H2,1-4H3,(H,40,44). The molecule has 7 unspecified atom stereocenters. The van der Waals surface area contributed by atoms with E-state index < -0.39 is 30.3 Å². The Morgan fingerprint density at radius 1 is 1.04 bits per heavy atom. The fourth-order valence-electron chi connectivity index (χ4n) is 8.78. The van der Waals surface area contributed by atoms with Gasteiger partial charge in [0.25, 0.3) is 0 Å². The Bertz CT molecular complexity index is 1470. The summed E-state index contributed by atoms with van der Waals surface area (Å²) in [6, 6.07) is 14.0. The molecule has 3 saturated heterocycles. The van der Waals surface area contributed by atoms with Crippen LogP contribution in [0.2, 0.25) is 0 Å². The minimum atomic E-state index is -5.04. The molecule has 2 aromatic rings. The predicted molar refractivity (Wildman–Crippen MR) is 170 cm³/mol. The van der Waals surface area contributed by atoms with Gasteiger partial charge in [0.15, 0.2) is 6.29 Å². The lowest BCUT2D eigenvalue weighted by molar-refractivity contribution is -0.276. The molecule has 0 spiro atoms. The van der Waals surface area contributed by atoms with Crippen molar-refractivity contribution in [1.82, 2.24) is 9.80 Å². The molecule has 6 rings (SSSR count). The number of anilines is 1. The molecule has 11 heteroatoms. The highest BCUT2D eigenvalue weighted by Crippen LogP contribution is 2.53. The van der Waals surface area contributed by atoms with Crippen LogP contribution in [0.3, 0.4) is 0 Å². The Labute approximate surface area is 274 Å². The molecule has 0 radical (unpaired) electrons. The van der Waals surface area contributed by atoms with Gasteiger partial charge in [-0.1, -0.05) is 64.1 Å². The van der Waals surface area contributed by atoms with Crippen LogP contribution in [0.25, 0.3) is 0 Å². The number of alkyl halides is 3. The van der Waals surface area contributed by atoms with Crippen LogP contribution < -0.4 is 5.32 Å². The summed E-state index contributed by atoms with van der Waals surface area (Å²) < 4.78 is 52.8. The molecule has 3 heterocycles. The second-order valence-corrected chi connectivity index (χ2v) is 15.2. The summed E-state index contributed by atoms with van der Waals surface area (Å²) in [6.07, 6.45) is -2.28. The van der Waals surface area contributed by atoms with Gasteiger partial charge < -0.3 is 24.8 Å². The van der Waals surface area contributed by atoms with E-state index in [1.165, 1.54) is 12.8 Å². The molecule has 1 aliphatic carbocycles. The molecule has 3 aliphatic heterocycles. The number of halogens is 3. The molecule has 8 nitrogen and oxygen atoms in total. The van der Waals surface area contributed by atoms with Gasteiger partial charge in [0.2, 0.25) is 5.91 Å². The topological polar surface area (TPSA) is 91.3 Å². The number of amides is 2. The van der Waals surface area contributed by atoms with Crippen LogP contribution in [0.5, 0.6) is 0 Å². The smallest absolute Gasteiger partial charge is 0.392 e. The third-order valence-electron chi connectivity index (χ3n) is 10.5. The maximum absolute atomic E-state index is 13.2. The summed E-state index contributed by atoms with van der Waals surface area (Å²) in [5.41, 5.74) is 3.39. The van der Waals surface area contributed by atoms with E-state index in [9.17, 15) is 27.9 Å². The van der Waals surface area contributed by atoms with Crippen LogP contribution in [-0.4, -0.2) is 70.7 Å². The van der Waals surface area contributed by atoms with Gasteiger partial charge in [-0.2, -0.15) is 13.2 Å². The summed E-state index contributed by atoms with van der Waals surface area (Å²) in [4.78, 5) is 28.3. The maximum atomic E-state index is 13.2. The van der Waals surface area contributed by atoms with Crippen molar-refractivity contribution in [2.45, 2.75) is 103 Å². The molecule has 2 aromatic carbocycles. The number of ether oxygens (including phenoxy) is 2. The van der Waals surface area contributed by atoms with Gasteiger partial charge in [-0.05, 0) is 66.2 Å². The number of carbonyl (C=O) groups is 2. The molecule has 2 N–H and O–H groups in total. The van der Waals surface area contributed by atoms with Crippen molar-refractivity contribution in [3.05, 3.63) is 65.2 Å². The first kappa shape index (κ1) is 33.9. The Hall–Kier alpha value is -2.99. The Kier molecular flexibility index (Phi) is 9.23. The van der Waals surface area contributed by atoms with Crippen molar-refractivity contribution in [1.29, 1.82) is 0 Å². The van der Waals surface area contributed by atoms with E-state index in [1.807, 2.05) is 30.3 Å². The highest BCUT2D eigenvalue weighted by molar-refractivity contribution is 5.98. The van der Waals surface area contributed by atoms with Gasteiger partial charge in [0.1, 0.15) is 6.04 Å². The van der Waals surface area contributed by atoms with Gasteiger partial charge in [0.05, 0.1) is 18.8 Å². The van der Waals surface area contributed by atoms with E-state index in [2.05, 4.69) is 37.9 Å². The number of likely N-dealkylation sites (tertiary alicyclic amines) is 2. The van der Waals surface area contributed by atoms with Gasteiger partial charge in [0, 0.05) is 42.8 Å². The quantitative estimate of drug-likeness (QED) is 0.360. The number of fused-ring (bicyclic) bond motifs is 2. The van der Waals surface area contributed by atoms with Gasteiger partial charge >= 0.3 is 12.1 Å². The van der Waals surface area contributed by atoms with E-state index in [0.717, 1.165) is 30.6 Å². The molecular weight excluding hydrogens is 611 g/mol. The van der Waals surface area contributed by atoms with E-state index in [1.54, 1.807) is 18.2 Å². The average Bonchev–Trinajstić information content (AvgIpc) is 3.59. The molecule has 4 aliphatic rings. The molecule has 7 atom stereocenters. The van der Waals surface area contributed by atoms with E-state index >= 15 is 0 Å². The van der Waals surface area contributed by atoms with Gasteiger partial charge in [-0.25, -0.2) is 0 Å². The number of nitrogens with one attached hydrogen (secondary N) is 1. The lowest BCUT2D eigenvalue weighted by Crippen LogP contribution is -2.48. The fraction of sp³-hybridized carbons (Fsp3) is 0.611. The Morgan fingerprint density at radius 3 is 2.49 bits per heavy atom. The largest absolute Gasteiger partial charge is 0.471 e. The minimum Gasteiger partial charge on any atom is -0.392 e.